The van der Waals surface area contributed by atoms with Crippen LogP contribution >= 0.6 is 0 Å². The zero-order chi connectivity index (χ0) is 17.8. The van der Waals surface area contributed by atoms with Gasteiger partial charge in [0.25, 0.3) is 6.47 Å². The lowest BCUT2D eigenvalue weighted by atomic mass is 9.73. The maximum absolute atomic E-state index is 9.88. The summed E-state index contributed by atoms with van der Waals surface area (Å²) in [6.45, 7) is 21.7. The molecule has 22 heavy (non-hydrogen) atoms. The second kappa shape index (κ2) is 12.0. The van der Waals surface area contributed by atoms with Crippen molar-refractivity contribution in [3.05, 3.63) is 0 Å². The highest BCUT2D eigenvalue weighted by molar-refractivity contribution is 5.36. The van der Waals surface area contributed by atoms with Crippen LogP contribution < -0.4 is 0 Å². The van der Waals surface area contributed by atoms with Gasteiger partial charge in [0, 0.05) is 0 Å². The summed E-state index contributed by atoms with van der Waals surface area (Å²) in [6, 6.07) is 0. The average Bonchev–Trinajstić information content (AvgIpc) is 2.37. The zero-order valence-electron chi connectivity index (χ0n) is 16.8. The first-order valence-electron chi connectivity index (χ1n) is 9.03. The topological polar surface area (TPSA) is 26.3 Å². The van der Waals surface area contributed by atoms with Crippen LogP contribution in [0.1, 0.15) is 94.4 Å². The van der Waals surface area contributed by atoms with Gasteiger partial charge >= 0.3 is 0 Å². The van der Waals surface area contributed by atoms with Gasteiger partial charge in [-0.1, -0.05) is 81.6 Å². The first kappa shape index (κ1) is 23.7. The highest BCUT2D eigenvalue weighted by Gasteiger charge is 2.24. The van der Waals surface area contributed by atoms with Crippen molar-refractivity contribution >= 4 is 6.47 Å². The van der Waals surface area contributed by atoms with Crippen LogP contribution in [-0.2, 0) is 9.53 Å². The third kappa shape index (κ3) is 15.9. The van der Waals surface area contributed by atoms with E-state index in [1.807, 2.05) is 0 Å². The Bertz CT molecular complexity index is 258. The van der Waals surface area contributed by atoms with Gasteiger partial charge in [0.2, 0.25) is 0 Å². The molecular formula is C20H42O2. The molecule has 0 aliphatic carbocycles. The molecule has 0 fully saturated rings. The van der Waals surface area contributed by atoms with Crippen molar-refractivity contribution in [2.24, 2.45) is 22.7 Å². The van der Waals surface area contributed by atoms with E-state index in [1.165, 1.54) is 25.7 Å². The Hall–Kier alpha value is -0.530. The van der Waals surface area contributed by atoms with Gasteiger partial charge in [-0.05, 0) is 35.5 Å². The molecule has 0 aliphatic heterocycles. The summed E-state index contributed by atoms with van der Waals surface area (Å²) in [4.78, 5) is 9.88. The molecule has 2 nitrogen and oxygen atoms in total. The Morgan fingerprint density at radius 2 is 1.59 bits per heavy atom. The van der Waals surface area contributed by atoms with Crippen LogP contribution in [0.15, 0.2) is 0 Å². The van der Waals surface area contributed by atoms with Gasteiger partial charge in [0.05, 0.1) is 6.61 Å². The number of hydrogen-bond acceptors (Lipinski definition) is 2. The third-order valence-corrected chi connectivity index (χ3v) is 4.34. The number of rotatable bonds is 8. The van der Waals surface area contributed by atoms with Crippen molar-refractivity contribution < 1.29 is 9.53 Å². The minimum atomic E-state index is 0.466. The predicted octanol–water partition coefficient (Wildman–Crippen LogP) is 6.48. The first-order chi connectivity index (χ1) is 9.97. The van der Waals surface area contributed by atoms with Gasteiger partial charge in [-0.2, -0.15) is 0 Å². The molecule has 0 aromatic heterocycles. The summed E-state index contributed by atoms with van der Waals surface area (Å²) in [5, 5.41) is 0. The van der Waals surface area contributed by atoms with Crippen LogP contribution in [0.5, 0.6) is 0 Å². The van der Waals surface area contributed by atoms with Gasteiger partial charge in [-0.25, -0.2) is 0 Å². The zero-order valence-corrected chi connectivity index (χ0v) is 16.8. The summed E-state index contributed by atoms with van der Waals surface area (Å²) in [5.74, 6) is 1.38. The molecule has 2 unspecified atom stereocenters. The highest BCUT2D eigenvalue weighted by Crippen LogP contribution is 2.35. The molecule has 0 bridgehead atoms. The molecule has 0 aliphatic rings. The molecule has 0 rings (SSSR count). The largest absolute Gasteiger partial charge is 0.468 e. The van der Waals surface area contributed by atoms with Gasteiger partial charge in [-0.15, -0.1) is 0 Å². The lowest BCUT2D eigenvalue weighted by molar-refractivity contribution is -0.130. The van der Waals surface area contributed by atoms with Crippen molar-refractivity contribution in [3.8, 4) is 0 Å². The number of hydrogen-bond donors (Lipinski definition) is 0. The van der Waals surface area contributed by atoms with E-state index in [2.05, 4.69) is 62.3 Å². The lowest BCUT2D eigenvalue weighted by Crippen LogP contribution is -2.22. The third-order valence-electron chi connectivity index (χ3n) is 4.34. The Morgan fingerprint density at radius 1 is 1.05 bits per heavy atom. The molecule has 0 N–H and O–H groups in total. The normalized spacial score (nSPS) is 14.6. The minimum absolute atomic E-state index is 0.466. The predicted molar refractivity (Wildman–Crippen MR) is 98.0 cm³/mol. The molecule has 0 aromatic rings. The van der Waals surface area contributed by atoms with Gasteiger partial charge in [0.15, 0.2) is 0 Å². The second-order valence-electron chi connectivity index (χ2n) is 8.88. The van der Waals surface area contributed by atoms with Crippen molar-refractivity contribution in [2.75, 3.05) is 6.61 Å². The van der Waals surface area contributed by atoms with E-state index in [0.717, 1.165) is 12.3 Å². The summed E-state index contributed by atoms with van der Waals surface area (Å²) >= 11 is 0. The van der Waals surface area contributed by atoms with Crippen molar-refractivity contribution in [1.82, 2.24) is 0 Å². The molecule has 0 spiro atoms. The van der Waals surface area contributed by atoms with Crippen LogP contribution in [0.4, 0.5) is 0 Å². The van der Waals surface area contributed by atoms with E-state index in [9.17, 15) is 4.79 Å². The van der Waals surface area contributed by atoms with Crippen LogP contribution in [0.3, 0.4) is 0 Å². The average molecular weight is 315 g/mol. The smallest absolute Gasteiger partial charge is 0.293 e. The number of unbranched alkanes of at least 4 members (excludes halogenated alkanes) is 1. The highest BCUT2D eigenvalue weighted by atomic mass is 16.5. The van der Waals surface area contributed by atoms with E-state index in [-0.39, 0.29) is 0 Å². The van der Waals surface area contributed by atoms with E-state index in [1.54, 1.807) is 0 Å². The fourth-order valence-electron chi connectivity index (χ4n) is 2.30. The van der Waals surface area contributed by atoms with Crippen molar-refractivity contribution in [1.29, 1.82) is 0 Å². The minimum Gasteiger partial charge on any atom is -0.468 e. The number of carbonyl (C=O) groups is 1. The Morgan fingerprint density at radius 3 is 1.86 bits per heavy atom. The molecule has 0 amide bonds. The van der Waals surface area contributed by atoms with Crippen molar-refractivity contribution in [2.45, 2.75) is 94.4 Å². The van der Waals surface area contributed by atoms with Gasteiger partial charge < -0.3 is 4.74 Å². The molecule has 0 aromatic carbocycles. The Labute approximate surface area is 140 Å². The van der Waals surface area contributed by atoms with Gasteiger partial charge in [-0.3, -0.25) is 4.79 Å². The molecule has 2 atom stereocenters. The second-order valence-corrected chi connectivity index (χ2v) is 8.88. The van der Waals surface area contributed by atoms with Crippen LogP contribution in [0.2, 0.25) is 0 Å². The summed E-state index contributed by atoms with van der Waals surface area (Å²) < 4.78 is 4.70. The van der Waals surface area contributed by atoms with E-state index in [0.29, 0.717) is 29.8 Å². The van der Waals surface area contributed by atoms with Crippen LogP contribution in [-0.4, -0.2) is 13.1 Å². The van der Waals surface area contributed by atoms with E-state index >= 15 is 0 Å². The Balaban J connectivity index is 0. The quantitative estimate of drug-likeness (QED) is 0.479. The lowest BCUT2D eigenvalue weighted by Gasteiger charge is -2.32. The fraction of sp³-hybridized carbons (Fsp3) is 0.950. The molecule has 0 saturated carbocycles. The van der Waals surface area contributed by atoms with Crippen LogP contribution in [0, 0.1) is 22.7 Å². The summed E-state index contributed by atoms with van der Waals surface area (Å²) in [5.41, 5.74) is 0.944. The molecule has 134 valence electrons. The SMILES string of the molecule is CC(CC(C)(C)C)C(C)(C)C.CCCCC(CC)COC=O. The Kier molecular flexibility index (Phi) is 12.9. The molecule has 0 radical (unpaired) electrons. The molecule has 0 saturated heterocycles. The fourth-order valence-corrected chi connectivity index (χ4v) is 2.30. The summed E-state index contributed by atoms with van der Waals surface area (Å²) in [7, 11) is 0. The maximum Gasteiger partial charge on any atom is 0.293 e. The molecular weight excluding hydrogens is 272 g/mol. The summed E-state index contributed by atoms with van der Waals surface area (Å²) in [6.07, 6.45) is 6.06. The van der Waals surface area contributed by atoms with Crippen LogP contribution in [0.25, 0.3) is 0 Å². The first-order valence-corrected chi connectivity index (χ1v) is 9.03. The van der Waals surface area contributed by atoms with Crippen molar-refractivity contribution in [3.63, 3.8) is 0 Å². The monoisotopic (exact) mass is 314 g/mol. The van der Waals surface area contributed by atoms with E-state index in [4.69, 9.17) is 4.74 Å². The maximum atomic E-state index is 9.88. The molecule has 2 heteroatoms. The van der Waals surface area contributed by atoms with E-state index < -0.39 is 0 Å². The number of ether oxygens (including phenoxy) is 1. The standard InChI is InChI=1S/C11H24.C9H18O2/c1-9(11(5,6)7)8-10(2,3)4;1-3-5-6-9(4-2)7-11-8-10/h9H,8H2,1-7H3;8-9H,3-7H2,1-2H3. The van der Waals surface area contributed by atoms with Gasteiger partial charge in [0.1, 0.15) is 0 Å². The molecule has 0 heterocycles. The number of carbonyl (C=O) groups excluding carboxylic acids is 1.